The highest BCUT2D eigenvalue weighted by atomic mass is 32.2. The van der Waals surface area contributed by atoms with Crippen LogP contribution in [0.15, 0.2) is 30.3 Å². The van der Waals surface area contributed by atoms with E-state index >= 15 is 0 Å². The topological polar surface area (TPSA) is 66.5 Å². The third kappa shape index (κ3) is 5.00. The fourth-order valence-electron chi connectivity index (χ4n) is 1.67. The molecule has 0 heterocycles. The summed E-state index contributed by atoms with van der Waals surface area (Å²) in [4.78, 5) is 11.9. The number of hydrogen-bond acceptors (Lipinski definition) is 3. The minimum absolute atomic E-state index is 0.164. The molecule has 106 valence electrons. The number of benzene rings is 1. The van der Waals surface area contributed by atoms with Crippen molar-refractivity contribution in [2.45, 2.75) is 26.3 Å². The Kier molecular flexibility index (Phi) is 5.50. The zero-order chi connectivity index (χ0) is 14.5. The molecule has 0 aromatic heterocycles. The summed E-state index contributed by atoms with van der Waals surface area (Å²) in [5.41, 5.74) is 0.658. The molecule has 1 atom stereocenters. The molecule has 1 aromatic rings. The molecule has 19 heavy (non-hydrogen) atoms. The van der Waals surface area contributed by atoms with Crippen molar-refractivity contribution in [3.63, 3.8) is 0 Å². The molecule has 0 aliphatic rings. The Balaban J connectivity index is 2.73. The summed E-state index contributed by atoms with van der Waals surface area (Å²) in [6, 6.07) is 8.77. The molecule has 0 spiro atoms. The lowest BCUT2D eigenvalue weighted by Gasteiger charge is -2.25. The summed E-state index contributed by atoms with van der Waals surface area (Å²) in [5, 5.41) is 2.68. The van der Waals surface area contributed by atoms with Crippen LogP contribution in [0.4, 0.5) is 5.69 Å². The molecular weight excluding hydrogens is 264 g/mol. The fourth-order valence-corrected chi connectivity index (χ4v) is 2.82. The Morgan fingerprint density at radius 3 is 2.37 bits per heavy atom. The second kappa shape index (κ2) is 6.68. The summed E-state index contributed by atoms with van der Waals surface area (Å²) < 4.78 is 24.5. The number of carbonyl (C=O) groups excluding carboxylic acids is 1. The molecule has 6 heteroatoms. The average Bonchev–Trinajstić information content (AvgIpc) is 2.35. The van der Waals surface area contributed by atoms with E-state index in [1.807, 2.05) is 13.0 Å². The maximum atomic E-state index is 11.9. The molecule has 5 nitrogen and oxygen atoms in total. The minimum Gasteiger partial charge on any atom is -0.325 e. The van der Waals surface area contributed by atoms with Gasteiger partial charge in [0.15, 0.2) is 0 Å². The van der Waals surface area contributed by atoms with Crippen molar-refractivity contribution >= 4 is 21.6 Å². The molecule has 1 unspecified atom stereocenters. The first-order chi connectivity index (χ1) is 8.84. The van der Waals surface area contributed by atoms with Gasteiger partial charge in [-0.05, 0) is 25.5 Å². The first-order valence-corrected chi connectivity index (χ1v) is 8.01. The molecule has 0 fully saturated rings. The quantitative estimate of drug-likeness (QED) is 0.864. The van der Waals surface area contributed by atoms with Gasteiger partial charge >= 0.3 is 0 Å². The van der Waals surface area contributed by atoms with Crippen LogP contribution in [0.25, 0.3) is 0 Å². The van der Waals surface area contributed by atoms with Crippen molar-refractivity contribution in [1.82, 2.24) is 4.31 Å². The van der Waals surface area contributed by atoms with Crippen LogP contribution >= 0.6 is 0 Å². The van der Waals surface area contributed by atoms with Crippen LogP contribution < -0.4 is 5.32 Å². The molecule has 0 aliphatic carbocycles. The molecule has 1 rings (SSSR count). The number of rotatable bonds is 6. The lowest BCUT2D eigenvalue weighted by atomic mass is 10.2. The Morgan fingerprint density at radius 1 is 1.32 bits per heavy atom. The highest BCUT2D eigenvalue weighted by Crippen LogP contribution is 2.10. The van der Waals surface area contributed by atoms with Crippen LogP contribution in [-0.2, 0) is 14.8 Å². The smallest absolute Gasteiger partial charge is 0.239 e. The van der Waals surface area contributed by atoms with Crippen LogP contribution in [0.1, 0.15) is 20.3 Å². The van der Waals surface area contributed by atoms with Crippen molar-refractivity contribution in [2.75, 3.05) is 18.1 Å². The zero-order valence-electron chi connectivity index (χ0n) is 11.5. The van der Waals surface area contributed by atoms with Gasteiger partial charge in [0.2, 0.25) is 15.9 Å². The summed E-state index contributed by atoms with van der Waals surface area (Å²) in [6.45, 7) is 3.51. The van der Waals surface area contributed by atoms with Crippen LogP contribution in [0.3, 0.4) is 0 Å². The Morgan fingerprint density at radius 2 is 1.89 bits per heavy atom. The third-order valence-corrected chi connectivity index (χ3v) is 4.21. The second-order valence-electron chi connectivity index (χ2n) is 4.48. The third-order valence-electron chi connectivity index (χ3n) is 2.87. The number of carbonyl (C=O) groups is 1. The van der Waals surface area contributed by atoms with Gasteiger partial charge in [-0.2, -0.15) is 4.31 Å². The Labute approximate surface area is 114 Å². The number of para-hydroxylation sites is 1. The minimum atomic E-state index is -3.39. The van der Waals surface area contributed by atoms with E-state index in [4.69, 9.17) is 0 Å². The van der Waals surface area contributed by atoms with Crippen molar-refractivity contribution in [2.24, 2.45) is 0 Å². The van der Waals surface area contributed by atoms with E-state index in [1.54, 1.807) is 31.2 Å². The van der Waals surface area contributed by atoms with E-state index in [9.17, 15) is 13.2 Å². The number of sulfonamides is 1. The molecule has 0 aliphatic heterocycles. The number of amides is 1. The molecular formula is C13H20N2O3S. The van der Waals surface area contributed by atoms with Crippen molar-refractivity contribution in [1.29, 1.82) is 0 Å². The second-order valence-corrected chi connectivity index (χ2v) is 6.41. The van der Waals surface area contributed by atoms with Gasteiger partial charge in [-0.1, -0.05) is 25.1 Å². The molecule has 0 radical (unpaired) electrons. The summed E-state index contributed by atoms with van der Waals surface area (Å²) >= 11 is 0. The van der Waals surface area contributed by atoms with E-state index in [2.05, 4.69) is 5.32 Å². The van der Waals surface area contributed by atoms with Gasteiger partial charge in [-0.25, -0.2) is 8.42 Å². The van der Waals surface area contributed by atoms with Crippen LogP contribution in [0.2, 0.25) is 0 Å². The molecule has 0 bridgehead atoms. The van der Waals surface area contributed by atoms with Gasteiger partial charge in [0, 0.05) is 11.7 Å². The maximum Gasteiger partial charge on any atom is 0.239 e. The number of nitrogens with zero attached hydrogens (tertiary/aromatic N) is 1. The molecule has 1 N–H and O–H groups in total. The lowest BCUT2D eigenvalue weighted by molar-refractivity contribution is -0.116. The number of anilines is 1. The SMILES string of the molecule is CCC(C)N(CC(=O)Nc1ccccc1)S(C)(=O)=O. The fraction of sp³-hybridized carbons (Fsp3) is 0.462. The largest absolute Gasteiger partial charge is 0.325 e. The number of hydrogen-bond donors (Lipinski definition) is 1. The van der Waals surface area contributed by atoms with Crippen LogP contribution in [0.5, 0.6) is 0 Å². The van der Waals surface area contributed by atoms with E-state index in [0.717, 1.165) is 6.26 Å². The Bertz CT molecular complexity index is 514. The highest BCUT2D eigenvalue weighted by Gasteiger charge is 2.24. The summed E-state index contributed by atoms with van der Waals surface area (Å²) in [7, 11) is -3.39. The van der Waals surface area contributed by atoms with E-state index in [0.29, 0.717) is 12.1 Å². The van der Waals surface area contributed by atoms with E-state index in [1.165, 1.54) is 4.31 Å². The summed E-state index contributed by atoms with van der Waals surface area (Å²) in [5.74, 6) is -0.336. The molecule has 1 amide bonds. The zero-order valence-corrected chi connectivity index (χ0v) is 12.3. The van der Waals surface area contributed by atoms with Gasteiger partial charge < -0.3 is 5.32 Å². The lowest BCUT2D eigenvalue weighted by Crippen LogP contribution is -2.42. The average molecular weight is 284 g/mol. The molecule has 0 saturated carbocycles. The van der Waals surface area contributed by atoms with Gasteiger partial charge in [0.05, 0.1) is 12.8 Å². The van der Waals surface area contributed by atoms with Crippen molar-refractivity contribution in [3.05, 3.63) is 30.3 Å². The van der Waals surface area contributed by atoms with E-state index < -0.39 is 10.0 Å². The maximum absolute atomic E-state index is 11.9. The number of nitrogens with one attached hydrogen (secondary N) is 1. The first kappa shape index (κ1) is 15.7. The van der Waals surface area contributed by atoms with Gasteiger partial charge in [-0.15, -0.1) is 0 Å². The molecule has 0 saturated heterocycles. The van der Waals surface area contributed by atoms with Crippen LogP contribution in [-0.4, -0.2) is 37.5 Å². The van der Waals surface area contributed by atoms with Gasteiger partial charge in [0.1, 0.15) is 0 Å². The normalized spacial score (nSPS) is 13.3. The highest BCUT2D eigenvalue weighted by molar-refractivity contribution is 7.88. The summed E-state index contributed by atoms with van der Waals surface area (Å²) in [6.07, 6.45) is 1.78. The van der Waals surface area contributed by atoms with Gasteiger partial charge in [-0.3, -0.25) is 4.79 Å². The van der Waals surface area contributed by atoms with Crippen LogP contribution in [0, 0.1) is 0 Å². The van der Waals surface area contributed by atoms with Crippen molar-refractivity contribution < 1.29 is 13.2 Å². The van der Waals surface area contributed by atoms with E-state index in [-0.39, 0.29) is 18.5 Å². The molecule has 1 aromatic carbocycles. The standard InChI is InChI=1S/C13H20N2O3S/c1-4-11(2)15(19(3,17)18)10-13(16)14-12-8-6-5-7-9-12/h5-9,11H,4,10H2,1-3H3,(H,14,16). The van der Waals surface area contributed by atoms with Crippen molar-refractivity contribution in [3.8, 4) is 0 Å². The predicted octanol–water partition coefficient (Wildman–Crippen LogP) is 1.69. The van der Waals surface area contributed by atoms with Gasteiger partial charge in [0.25, 0.3) is 0 Å². The monoisotopic (exact) mass is 284 g/mol. The predicted molar refractivity (Wildman–Crippen MR) is 76.4 cm³/mol. The first-order valence-electron chi connectivity index (χ1n) is 6.16. The Hall–Kier alpha value is -1.40.